The van der Waals surface area contributed by atoms with E-state index < -0.39 is 18.0 Å². The number of carbonyl (C=O) groups excluding carboxylic acids is 2. The third kappa shape index (κ3) is 5.45. The van der Waals surface area contributed by atoms with E-state index >= 15 is 0 Å². The molecule has 5 aromatic rings. The highest BCUT2D eigenvalue weighted by Crippen LogP contribution is 2.31. The molecule has 11 heteroatoms. The average Bonchev–Trinajstić information content (AvgIpc) is 3.50. The molecular formula is C27H25ClN8O2. The topological polar surface area (TPSA) is 168 Å². The largest absolute Gasteiger partial charge is 0.382 e. The molecule has 38 heavy (non-hydrogen) atoms. The van der Waals surface area contributed by atoms with E-state index in [1.165, 1.54) is 0 Å². The maximum atomic E-state index is 12.9. The number of amides is 3. The van der Waals surface area contributed by atoms with Crippen molar-refractivity contribution in [3.05, 3.63) is 100 Å². The Labute approximate surface area is 222 Å². The lowest BCUT2D eigenvalue weighted by molar-refractivity contribution is 0.1000. The van der Waals surface area contributed by atoms with Crippen LogP contribution < -0.4 is 22.1 Å². The average molecular weight is 529 g/mol. The van der Waals surface area contributed by atoms with Gasteiger partial charge in [0, 0.05) is 23.1 Å². The van der Waals surface area contributed by atoms with E-state index in [0.29, 0.717) is 34.5 Å². The highest BCUT2D eigenvalue weighted by atomic mass is 35.5. The maximum Gasteiger partial charge on any atom is 0.315 e. The zero-order valence-corrected chi connectivity index (χ0v) is 20.9. The molecule has 0 saturated carbocycles. The van der Waals surface area contributed by atoms with Gasteiger partial charge in [0.1, 0.15) is 16.7 Å². The Morgan fingerprint density at radius 3 is 2.58 bits per heavy atom. The van der Waals surface area contributed by atoms with Crippen molar-refractivity contribution in [2.75, 3.05) is 5.73 Å². The van der Waals surface area contributed by atoms with Crippen LogP contribution in [0, 0.1) is 0 Å². The van der Waals surface area contributed by atoms with Crippen molar-refractivity contribution >= 4 is 40.3 Å². The van der Waals surface area contributed by atoms with Crippen LogP contribution in [-0.4, -0.2) is 32.1 Å². The number of rotatable bonds is 8. The van der Waals surface area contributed by atoms with Crippen LogP contribution >= 0.6 is 11.6 Å². The second-order valence-electron chi connectivity index (χ2n) is 8.79. The molecule has 0 bridgehead atoms. The standard InChI is InChI=1S/C27H25ClN8O2/c28-23-22(17-9-10-19-20(13-17)35-36-24(19)29)33-26(34-23)21(12-15-5-2-1-3-6-15)32-27(38)31-14-16-7-4-8-18(11-16)25(30)37/h1-11,13,21H,12,14H2,(H2,30,37)(H,33,34)(H3,29,35,36)(H2,31,32,38)/t21-/m0/s1. The van der Waals surface area contributed by atoms with E-state index in [1.807, 2.05) is 48.5 Å². The maximum absolute atomic E-state index is 12.9. The lowest BCUT2D eigenvalue weighted by atomic mass is 10.1. The van der Waals surface area contributed by atoms with E-state index in [2.05, 4.69) is 25.8 Å². The number of hydrogen-bond donors (Lipinski definition) is 6. The van der Waals surface area contributed by atoms with Crippen LogP contribution in [-0.2, 0) is 13.0 Å². The fourth-order valence-corrected chi connectivity index (χ4v) is 4.45. The van der Waals surface area contributed by atoms with E-state index in [9.17, 15) is 9.59 Å². The van der Waals surface area contributed by atoms with E-state index in [-0.39, 0.29) is 6.54 Å². The van der Waals surface area contributed by atoms with Crippen LogP contribution in [0.3, 0.4) is 0 Å². The highest BCUT2D eigenvalue weighted by Gasteiger charge is 2.22. The number of halogens is 1. The molecule has 1 atom stereocenters. The molecule has 8 N–H and O–H groups in total. The summed E-state index contributed by atoms with van der Waals surface area (Å²) in [5, 5.41) is 13.9. The summed E-state index contributed by atoms with van der Waals surface area (Å²) in [6.07, 6.45) is 0.477. The van der Waals surface area contributed by atoms with Gasteiger partial charge in [0.15, 0.2) is 5.82 Å². The second kappa shape index (κ2) is 10.7. The summed E-state index contributed by atoms with van der Waals surface area (Å²) in [4.78, 5) is 32.2. The van der Waals surface area contributed by atoms with Gasteiger partial charge in [-0.15, -0.1) is 0 Å². The number of benzene rings is 3. The Morgan fingerprint density at radius 1 is 1.00 bits per heavy atom. The minimum Gasteiger partial charge on any atom is -0.382 e. The van der Waals surface area contributed by atoms with Crippen LogP contribution in [0.1, 0.15) is 33.4 Å². The summed E-state index contributed by atoms with van der Waals surface area (Å²) in [6.45, 7) is 0.211. The predicted octanol–water partition coefficient (Wildman–Crippen LogP) is 4.07. The van der Waals surface area contributed by atoms with Gasteiger partial charge in [-0.3, -0.25) is 9.89 Å². The first-order valence-corrected chi connectivity index (χ1v) is 12.2. The number of H-pyrrole nitrogens is 2. The fourth-order valence-electron chi connectivity index (χ4n) is 4.21. The van der Waals surface area contributed by atoms with Crippen molar-refractivity contribution in [1.82, 2.24) is 30.8 Å². The van der Waals surface area contributed by atoms with Crippen molar-refractivity contribution in [2.45, 2.75) is 19.0 Å². The van der Waals surface area contributed by atoms with Crippen molar-refractivity contribution in [2.24, 2.45) is 5.73 Å². The first-order chi connectivity index (χ1) is 18.4. The molecule has 0 radical (unpaired) electrons. The van der Waals surface area contributed by atoms with E-state index in [4.69, 9.17) is 28.1 Å². The SMILES string of the molecule is NC(=O)c1cccc(CNC(=O)N[C@@H](Cc2ccccc2)c2nc(-c3ccc4c(N)n[nH]c4c3)c(Cl)[nH]2)c1. The number of aromatic nitrogens is 4. The molecule has 0 aliphatic heterocycles. The lowest BCUT2D eigenvalue weighted by Crippen LogP contribution is -2.38. The number of nitrogens with two attached hydrogens (primary N) is 2. The quantitative estimate of drug-likeness (QED) is 0.178. The van der Waals surface area contributed by atoms with Gasteiger partial charge in [0.25, 0.3) is 0 Å². The minimum absolute atomic E-state index is 0.211. The number of primary amides is 1. The van der Waals surface area contributed by atoms with Crippen molar-refractivity contribution in [3.8, 4) is 11.3 Å². The third-order valence-corrected chi connectivity index (χ3v) is 6.40. The van der Waals surface area contributed by atoms with E-state index in [0.717, 1.165) is 27.6 Å². The number of nitrogens with zero attached hydrogens (tertiary/aromatic N) is 2. The first kappa shape index (κ1) is 24.8. The molecule has 192 valence electrons. The van der Waals surface area contributed by atoms with Gasteiger partial charge < -0.3 is 27.1 Å². The Hall–Kier alpha value is -4.83. The van der Waals surface area contributed by atoms with Gasteiger partial charge in [-0.25, -0.2) is 9.78 Å². The number of aromatic amines is 2. The third-order valence-electron chi connectivity index (χ3n) is 6.13. The van der Waals surface area contributed by atoms with Crippen LogP contribution in [0.4, 0.5) is 10.6 Å². The zero-order valence-electron chi connectivity index (χ0n) is 20.2. The molecule has 10 nitrogen and oxygen atoms in total. The fraction of sp³-hybridized carbons (Fsp3) is 0.111. The summed E-state index contributed by atoms with van der Waals surface area (Å²) in [5.74, 6) is 0.392. The summed E-state index contributed by atoms with van der Waals surface area (Å²) < 4.78 is 0. The summed E-state index contributed by atoms with van der Waals surface area (Å²) in [6, 6.07) is 21.2. The van der Waals surface area contributed by atoms with Crippen molar-refractivity contribution in [1.29, 1.82) is 0 Å². The molecule has 2 heterocycles. The molecule has 5 rings (SSSR count). The second-order valence-corrected chi connectivity index (χ2v) is 9.17. The normalized spacial score (nSPS) is 11.8. The molecule has 0 aliphatic rings. The molecular weight excluding hydrogens is 504 g/mol. The van der Waals surface area contributed by atoms with Gasteiger partial charge in [-0.1, -0.05) is 60.1 Å². The van der Waals surface area contributed by atoms with Crippen molar-refractivity contribution in [3.63, 3.8) is 0 Å². The number of urea groups is 1. The molecule has 0 spiro atoms. The molecule has 0 unspecified atom stereocenters. The molecule has 2 aromatic heterocycles. The summed E-state index contributed by atoms with van der Waals surface area (Å²) in [7, 11) is 0. The monoisotopic (exact) mass is 528 g/mol. The first-order valence-electron chi connectivity index (χ1n) is 11.8. The van der Waals surface area contributed by atoms with Crippen LogP contribution in [0.2, 0.25) is 5.15 Å². The Morgan fingerprint density at radius 2 is 1.79 bits per heavy atom. The number of carbonyl (C=O) groups is 2. The number of nitrogen functional groups attached to an aromatic ring is 1. The number of nitrogens with one attached hydrogen (secondary N) is 4. The Balaban J connectivity index is 1.37. The number of hydrogen-bond acceptors (Lipinski definition) is 5. The van der Waals surface area contributed by atoms with Gasteiger partial charge in [-0.2, -0.15) is 5.10 Å². The Kier molecular flexibility index (Phi) is 6.96. The van der Waals surface area contributed by atoms with Crippen molar-refractivity contribution < 1.29 is 9.59 Å². The molecule has 0 fully saturated rings. The lowest BCUT2D eigenvalue weighted by Gasteiger charge is -2.18. The molecule has 3 amide bonds. The van der Waals surface area contributed by atoms with Gasteiger partial charge in [-0.05, 0) is 41.8 Å². The predicted molar refractivity (Wildman–Crippen MR) is 146 cm³/mol. The van der Waals surface area contributed by atoms with Gasteiger partial charge in [0.2, 0.25) is 5.91 Å². The minimum atomic E-state index is -0.528. The Bertz CT molecular complexity index is 1610. The molecule has 3 aromatic carbocycles. The van der Waals surface area contributed by atoms with Gasteiger partial charge >= 0.3 is 6.03 Å². The number of anilines is 1. The van der Waals surface area contributed by atoms with Gasteiger partial charge in [0.05, 0.1) is 11.6 Å². The molecule has 0 saturated heterocycles. The van der Waals surface area contributed by atoms with Crippen LogP contribution in [0.5, 0.6) is 0 Å². The summed E-state index contributed by atoms with van der Waals surface area (Å²) in [5.41, 5.74) is 15.4. The molecule has 0 aliphatic carbocycles. The van der Waals surface area contributed by atoms with Crippen LogP contribution in [0.25, 0.3) is 22.2 Å². The summed E-state index contributed by atoms with van der Waals surface area (Å²) >= 11 is 6.57. The highest BCUT2D eigenvalue weighted by molar-refractivity contribution is 6.32. The smallest absolute Gasteiger partial charge is 0.315 e. The zero-order chi connectivity index (χ0) is 26.6. The number of fused-ring (bicyclic) bond motifs is 1. The number of imidazole rings is 1. The van der Waals surface area contributed by atoms with Crippen LogP contribution in [0.15, 0.2) is 72.8 Å². The van der Waals surface area contributed by atoms with E-state index in [1.54, 1.807) is 24.3 Å².